The Bertz CT molecular complexity index is 377. The summed E-state index contributed by atoms with van der Waals surface area (Å²) >= 11 is 0. The number of nitrogens with zero attached hydrogens (tertiary/aromatic N) is 4. The molecular weight excluding hydrogens is 194 g/mol. The van der Waals surface area contributed by atoms with Crippen molar-refractivity contribution in [3.8, 4) is 0 Å². The van der Waals surface area contributed by atoms with Gasteiger partial charge in [-0.1, -0.05) is 23.4 Å². The van der Waals surface area contributed by atoms with Crippen LogP contribution in [0, 0.1) is 0 Å². The van der Waals surface area contributed by atoms with Crippen molar-refractivity contribution in [2.75, 3.05) is 18.1 Å². The number of nitrogens with two attached hydrogens (primary N) is 1. The monoisotopic (exact) mass is 205 g/mol. The van der Waals surface area contributed by atoms with E-state index in [2.05, 4.69) is 10.3 Å². The number of urea groups is 1. The Labute approximate surface area is 86.9 Å². The van der Waals surface area contributed by atoms with Gasteiger partial charge in [0.2, 0.25) is 0 Å². The number of para-hydroxylation sites is 1. The van der Waals surface area contributed by atoms with Gasteiger partial charge < -0.3 is 0 Å². The van der Waals surface area contributed by atoms with Crippen LogP contribution in [0.15, 0.2) is 40.7 Å². The van der Waals surface area contributed by atoms with Crippen LogP contribution in [0.4, 0.5) is 10.5 Å². The van der Waals surface area contributed by atoms with Crippen molar-refractivity contribution in [2.24, 2.45) is 16.2 Å². The van der Waals surface area contributed by atoms with Gasteiger partial charge in [-0.3, -0.25) is 0 Å². The maximum Gasteiger partial charge on any atom is 0.360 e. The Morgan fingerprint density at radius 1 is 1.40 bits per heavy atom. The van der Waals surface area contributed by atoms with Gasteiger partial charge in [0.1, 0.15) is 0 Å². The van der Waals surface area contributed by atoms with Crippen LogP contribution in [0.2, 0.25) is 0 Å². The predicted molar refractivity (Wildman–Crippen MR) is 54.9 cm³/mol. The molecular formula is C9H11N5O. The van der Waals surface area contributed by atoms with Crippen LogP contribution in [0.5, 0.6) is 0 Å². The number of anilines is 1. The number of rotatable bonds is 1. The Kier molecular flexibility index (Phi) is 2.59. The first-order chi connectivity index (χ1) is 7.29. The lowest BCUT2D eigenvalue weighted by molar-refractivity contribution is 0.212. The predicted octanol–water partition coefficient (Wildman–Crippen LogP) is 1.17. The second-order valence-electron chi connectivity index (χ2n) is 3.07. The molecule has 0 saturated carbocycles. The summed E-state index contributed by atoms with van der Waals surface area (Å²) in [5.74, 6) is 5.66. The molecule has 6 nitrogen and oxygen atoms in total. The van der Waals surface area contributed by atoms with Crippen LogP contribution < -0.4 is 10.9 Å². The number of carbonyl (C=O) groups is 1. The highest BCUT2D eigenvalue weighted by atomic mass is 16.2. The first-order valence-corrected chi connectivity index (χ1v) is 4.58. The van der Waals surface area contributed by atoms with Crippen molar-refractivity contribution in [3.05, 3.63) is 30.3 Å². The standard InChI is InChI=1S/C9H11N5O/c10-14(8-4-2-1-3-5-8)9(15)13-7-6-11-12-13/h1-5H,6-7,10H2. The van der Waals surface area contributed by atoms with Crippen molar-refractivity contribution >= 4 is 11.7 Å². The van der Waals surface area contributed by atoms with Gasteiger partial charge >= 0.3 is 6.03 Å². The summed E-state index contributed by atoms with van der Waals surface area (Å²) in [6.07, 6.45) is 0. The van der Waals surface area contributed by atoms with E-state index in [1.807, 2.05) is 18.2 Å². The van der Waals surface area contributed by atoms with Crippen LogP contribution in [0.3, 0.4) is 0 Å². The second kappa shape index (κ2) is 4.05. The van der Waals surface area contributed by atoms with Gasteiger partial charge in [0.05, 0.1) is 18.8 Å². The largest absolute Gasteiger partial charge is 0.360 e. The summed E-state index contributed by atoms with van der Waals surface area (Å²) in [4.78, 5) is 11.7. The summed E-state index contributed by atoms with van der Waals surface area (Å²) < 4.78 is 0. The average molecular weight is 205 g/mol. The summed E-state index contributed by atoms with van der Waals surface area (Å²) in [6, 6.07) is 8.62. The summed E-state index contributed by atoms with van der Waals surface area (Å²) in [7, 11) is 0. The van der Waals surface area contributed by atoms with E-state index in [0.29, 0.717) is 18.8 Å². The van der Waals surface area contributed by atoms with Gasteiger partial charge in [-0.25, -0.2) is 15.6 Å². The summed E-state index contributed by atoms with van der Waals surface area (Å²) in [5.41, 5.74) is 0.629. The molecule has 2 rings (SSSR count). The zero-order valence-electron chi connectivity index (χ0n) is 8.08. The second-order valence-corrected chi connectivity index (χ2v) is 3.07. The Balaban J connectivity index is 2.11. The van der Waals surface area contributed by atoms with E-state index in [4.69, 9.17) is 5.84 Å². The lowest BCUT2D eigenvalue weighted by Crippen LogP contribution is -2.44. The van der Waals surface area contributed by atoms with E-state index in [1.165, 1.54) is 5.01 Å². The molecule has 0 atom stereocenters. The Hall–Kier alpha value is -1.95. The SMILES string of the molecule is NN(C(=O)N1CCN=N1)c1ccccc1. The van der Waals surface area contributed by atoms with Crippen molar-refractivity contribution < 1.29 is 4.79 Å². The number of carbonyl (C=O) groups excluding carboxylic acids is 1. The molecule has 0 fully saturated rings. The van der Waals surface area contributed by atoms with E-state index in [1.54, 1.807) is 12.1 Å². The first kappa shape index (κ1) is 9.60. The van der Waals surface area contributed by atoms with Crippen LogP contribution in [-0.4, -0.2) is 24.1 Å². The van der Waals surface area contributed by atoms with Gasteiger partial charge in [0.25, 0.3) is 0 Å². The van der Waals surface area contributed by atoms with Crippen molar-refractivity contribution in [3.63, 3.8) is 0 Å². The van der Waals surface area contributed by atoms with E-state index >= 15 is 0 Å². The fraction of sp³-hybridized carbons (Fsp3) is 0.222. The molecule has 0 bridgehead atoms. The van der Waals surface area contributed by atoms with E-state index < -0.39 is 0 Å². The van der Waals surface area contributed by atoms with Crippen LogP contribution >= 0.6 is 0 Å². The van der Waals surface area contributed by atoms with E-state index in [0.717, 1.165) is 5.01 Å². The quantitative estimate of drug-likeness (QED) is 0.424. The molecule has 6 heteroatoms. The minimum absolute atomic E-state index is 0.373. The minimum Gasteiger partial charge on any atom is -0.244 e. The molecule has 1 heterocycles. The van der Waals surface area contributed by atoms with E-state index in [9.17, 15) is 4.79 Å². The molecule has 78 valence electrons. The number of amides is 2. The van der Waals surface area contributed by atoms with Gasteiger partial charge in [0, 0.05) is 0 Å². The topological polar surface area (TPSA) is 74.3 Å². The number of hydrogen-bond donors (Lipinski definition) is 1. The normalized spacial score (nSPS) is 14.3. The van der Waals surface area contributed by atoms with Crippen molar-refractivity contribution in [1.82, 2.24) is 5.01 Å². The van der Waals surface area contributed by atoms with Crippen LogP contribution in [-0.2, 0) is 0 Å². The summed E-state index contributed by atoms with van der Waals surface area (Å²) in [5, 5.41) is 9.68. The zero-order valence-corrected chi connectivity index (χ0v) is 8.08. The third-order valence-electron chi connectivity index (χ3n) is 2.04. The molecule has 15 heavy (non-hydrogen) atoms. The minimum atomic E-state index is -0.373. The lowest BCUT2D eigenvalue weighted by atomic mass is 10.3. The smallest absolute Gasteiger partial charge is 0.244 e. The van der Waals surface area contributed by atoms with Gasteiger partial charge in [-0.15, -0.1) is 0 Å². The van der Waals surface area contributed by atoms with E-state index in [-0.39, 0.29) is 6.03 Å². The zero-order chi connectivity index (χ0) is 10.7. The van der Waals surface area contributed by atoms with Crippen LogP contribution in [0.25, 0.3) is 0 Å². The number of hydrogen-bond acceptors (Lipinski definition) is 4. The molecule has 1 aromatic carbocycles. The lowest BCUT2D eigenvalue weighted by Gasteiger charge is -2.19. The molecule has 0 spiro atoms. The van der Waals surface area contributed by atoms with Crippen molar-refractivity contribution in [2.45, 2.75) is 0 Å². The summed E-state index contributed by atoms with van der Waals surface area (Å²) in [6.45, 7) is 1.02. The Morgan fingerprint density at radius 2 is 2.13 bits per heavy atom. The van der Waals surface area contributed by atoms with Gasteiger partial charge in [0.15, 0.2) is 0 Å². The molecule has 2 amide bonds. The first-order valence-electron chi connectivity index (χ1n) is 4.58. The van der Waals surface area contributed by atoms with Crippen LogP contribution in [0.1, 0.15) is 0 Å². The molecule has 0 radical (unpaired) electrons. The fourth-order valence-electron chi connectivity index (χ4n) is 1.26. The van der Waals surface area contributed by atoms with Gasteiger partial charge in [-0.05, 0) is 12.1 Å². The third-order valence-corrected chi connectivity index (χ3v) is 2.04. The highest BCUT2D eigenvalue weighted by Gasteiger charge is 2.21. The fourth-order valence-corrected chi connectivity index (χ4v) is 1.26. The third kappa shape index (κ3) is 1.94. The highest BCUT2D eigenvalue weighted by Crippen LogP contribution is 2.12. The highest BCUT2D eigenvalue weighted by molar-refractivity contribution is 5.90. The molecule has 0 saturated heterocycles. The maximum absolute atomic E-state index is 11.7. The molecule has 0 aliphatic carbocycles. The molecule has 0 unspecified atom stereocenters. The Morgan fingerprint density at radius 3 is 2.73 bits per heavy atom. The van der Waals surface area contributed by atoms with Crippen molar-refractivity contribution in [1.29, 1.82) is 0 Å². The number of hydrazine groups is 1. The average Bonchev–Trinajstić information content (AvgIpc) is 2.82. The van der Waals surface area contributed by atoms with Gasteiger partial charge in [-0.2, -0.15) is 10.1 Å². The molecule has 1 aliphatic heterocycles. The molecule has 1 aliphatic rings. The maximum atomic E-state index is 11.7. The molecule has 1 aromatic rings. The molecule has 0 aromatic heterocycles. The molecule has 2 N–H and O–H groups in total. The number of benzene rings is 1.